The first-order chi connectivity index (χ1) is 11.1. The molecule has 0 N–H and O–H groups in total. The van der Waals surface area contributed by atoms with E-state index in [1.807, 2.05) is 32.4 Å². The first-order valence-corrected chi connectivity index (χ1v) is 8.53. The molecule has 1 fully saturated rings. The van der Waals surface area contributed by atoms with Gasteiger partial charge in [-0.25, -0.2) is 0 Å². The molecule has 6 heteroatoms. The molecule has 0 atom stereocenters. The van der Waals surface area contributed by atoms with E-state index in [1.165, 1.54) is 12.0 Å². The summed E-state index contributed by atoms with van der Waals surface area (Å²) < 4.78 is 1.76. The van der Waals surface area contributed by atoms with E-state index in [4.69, 9.17) is 11.6 Å². The highest BCUT2D eigenvalue weighted by molar-refractivity contribution is 6.30. The zero-order valence-corrected chi connectivity index (χ0v) is 14.6. The number of rotatable bonds is 4. The van der Waals surface area contributed by atoms with E-state index < -0.39 is 0 Å². The van der Waals surface area contributed by atoms with Crippen LogP contribution >= 0.6 is 11.6 Å². The minimum absolute atomic E-state index is 0.763. The lowest BCUT2D eigenvalue weighted by Gasteiger charge is -2.21. The van der Waals surface area contributed by atoms with Gasteiger partial charge in [-0.3, -0.25) is 19.5 Å². The molecule has 2 aromatic rings. The lowest BCUT2D eigenvalue weighted by Crippen LogP contribution is -2.30. The van der Waals surface area contributed by atoms with Gasteiger partial charge in [-0.1, -0.05) is 17.7 Å². The van der Waals surface area contributed by atoms with Gasteiger partial charge in [0.05, 0.1) is 5.69 Å². The van der Waals surface area contributed by atoms with Gasteiger partial charge in [0.1, 0.15) is 5.15 Å². The second kappa shape index (κ2) is 7.43. The summed E-state index contributed by atoms with van der Waals surface area (Å²) in [5.74, 6) is 0. The van der Waals surface area contributed by atoms with Crippen molar-refractivity contribution >= 4 is 11.6 Å². The predicted octanol–water partition coefficient (Wildman–Crippen LogP) is 2.48. The molecule has 2 aromatic heterocycles. The third-order valence-electron chi connectivity index (χ3n) is 4.46. The Morgan fingerprint density at radius 2 is 1.87 bits per heavy atom. The second-order valence-corrected chi connectivity index (χ2v) is 6.60. The van der Waals surface area contributed by atoms with Crippen LogP contribution in [0.3, 0.4) is 0 Å². The Kier molecular flexibility index (Phi) is 5.30. The molecule has 0 aromatic carbocycles. The smallest absolute Gasteiger partial charge is 0.131 e. The lowest BCUT2D eigenvalue weighted by atomic mass is 10.2. The zero-order valence-electron chi connectivity index (χ0n) is 13.9. The molecule has 3 rings (SSSR count). The van der Waals surface area contributed by atoms with E-state index in [0.717, 1.165) is 55.7 Å². The zero-order chi connectivity index (χ0) is 16.2. The Balaban J connectivity index is 1.58. The average Bonchev–Trinajstić information content (AvgIpc) is 2.72. The van der Waals surface area contributed by atoms with Crippen LogP contribution in [0.1, 0.15) is 23.2 Å². The summed E-state index contributed by atoms with van der Waals surface area (Å²) in [6.45, 7) is 8.28. The highest BCUT2D eigenvalue weighted by atomic mass is 35.5. The van der Waals surface area contributed by atoms with Crippen molar-refractivity contribution in [3.8, 4) is 0 Å². The Morgan fingerprint density at radius 1 is 1.13 bits per heavy atom. The van der Waals surface area contributed by atoms with Crippen LogP contribution in [0, 0.1) is 6.92 Å². The van der Waals surface area contributed by atoms with Crippen LogP contribution in [0.5, 0.6) is 0 Å². The lowest BCUT2D eigenvalue weighted by molar-refractivity contribution is 0.247. The van der Waals surface area contributed by atoms with Gasteiger partial charge in [0, 0.05) is 51.2 Å². The molecule has 1 saturated heterocycles. The van der Waals surface area contributed by atoms with Crippen molar-refractivity contribution in [3.63, 3.8) is 0 Å². The van der Waals surface area contributed by atoms with Crippen molar-refractivity contribution in [3.05, 3.63) is 46.5 Å². The monoisotopic (exact) mass is 333 g/mol. The van der Waals surface area contributed by atoms with Gasteiger partial charge >= 0.3 is 0 Å². The molecular weight excluding hydrogens is 310 g/mol. The summed E-state index contributed by atoms with van der Waals surface area (Å²) >= 11 is 6.37. The number of aromatic nitrogens is 3. The molecule has 0 spiro atoms. The number of pyridine rings is 1. The van der Waals surface area contributed by atoms with E-state index in [2.05, 4.69) is 25.9 Å². The van der Waals surface area contributed by atoms with Gasteiger partial charge in [0.15, 0.2) is 0 Å². The van der Waals surface area contributed by atoms with Gasteiger partial charge in [-0.2, -0.15) is 5.10 Å². The number of hydrogen-bond donors (Lipinski definition) is 0. The van der Waals surface area contributed by atoms with Crippen LogP contribution in [-0.4, -0.2) is 50.7 Å². The summed E-state index contributed by atoms with van der Waals surface area (Å²) in [5, 5.41) is 5.17. The van der Waals surface area contributed by atoms with Crippen LogP contribution in [0.15, 0.2) is 24.5 Å². The highest BCUT2D eigenvalue weighted by Crippen LogP contribution is 2.21. The van der Waals surface area contributed by atoms with Crippen molar-refractivity contribution in [2.75, 3.05) is 26.2 Å². The first-order valence-electron chi connectivity index (χ1n) is 8.15. The number of hydrogen-bond acceptors (Lipinski definition) is 4. The molecule has 23 heavy (non-hydrogen) atoms. The molecule has 0 saturated carbocycles. The fourth-order valence-corrected chi connectivity index (χ4v) is 3.40. The molecule has 1 aliphatic rings. The maximum Gasteiger partial charge on any atom is 0.131 e. The van der Waals surface area contributed by atoms with Crippen LogP contribution in [0.2, 0.25) is 5.15 Å². The van der Waals surface area contributed by atoms with Crippen LogP contribution in [0.4, 0.5) is 0 Å². The maximum absolute atomic E-state index is 6.37. The molecule has 0 amide bonds. The Morgan fingerprint density at radius 3 is 2.48 bits per heavy atom. The van der Waals surface area contributed by atoms with Gasteiger partial charge in [0.2, 0.25) is 0 Å². The third kappa shape index (κ3) is 4.10. The highest BCUT2D eigenvalue weighted by Gasteiger charge is 2.19. The molecule has 3 heterocycles. The quantitative estimate of drug-likeness (QED) is 0.861. The fourth-order valence-electron chi connectivity index (χ4n) is 3.17. The average molecular weight is 334 g/mol. The molecule has 0 aliphatic carbocycles. The molecule has 5 nitrogen and oxygen atoms in total. The number of nitrogens with zero attached hydrogens (tertiary/aromatic N) is 5. The summed E-state index contributed by atoms with van der Waals surface area (Å²) in [4.78, 5) is 9.20. The number of aryl methyl sites for hydroxylation is 2. The van der Waals surface area contributed by atoms with E-state index >= 15 is 0 Å². The molecule has 0 unspecified atom stereocenters. The first kappa shape index (κ1) is 16.4. The van der Waals surface area contributed by atoms with Gasteiger partial charge < -0.3 is 0 Å². The van der Waals surface area contributed by atoms with E-state index in [1.54, 1.807) is 4.68 Å². The number of halogens is 1. The minimum Gasteiger partial charge on any atom is -0.298 e. The van der Waals surface area contributed by atoms with Crippen LogP contribution < -0.4 is 0 Å². The van der Waals surface area contributed by atoms with E-state index in [-0.39, 0.29) is 0 Å². The third-order valence-corrected chi connectivity index (χ3v) is 4.93. The Labute approximate surface area is 142 Å². The predicted molar refractivity (Wildman–Crippen MR) is 92.4 cm³/mol. The molecular formula is C17H24ClN5. The SMILES string of the molecule is Cc1nn(C)c(Cl)c1CN1CCCN(Cc2cccnc2)CC1. The van der Waals surface area contributed by atoms with Crippen molar-refractivity contribution in [2.24, 2.45) is 7.05 Å². The van der Waals surface area contributed by atoms with Crippen molar-refractivity contribution < 1.29 is 0 Å². The molecule has 1 aliphatic heterocycles. The standard InChI is InChI=1S/C17H24ClN5/c1-14-16(17(18)21(2)20-14)13-23-8-4-7-22(9-10-23)12-15-5-3-6-19-11-15/h3,5-6,11H,4,7-10,12-13H2,1-2H3. The topological polar surface area (TPSA) is 37.2 Å². The summed E-state index contributed by atoms with van der Waals surface area (Å²) in [6, 6.07) is 4.15. The summed E-state index contributed by atoms with van der Waals surface area (Å²) in [6.07, 6.45) is 4.96. The summed E-state index contributed by atoms with van der Waals surface area (Å²) in [5.41, 5.74) is 3.48. The fraction of sp³-hybridized carbons (Fsp3) is 0.529. The van der Waals surface area contributed by atoms with E-state index in [9.17, 15) is 0 Å². The molecule has 0 bridgehead atoms. The Bertz CT molecular complexity index is 640. The van der Waals surface area contributed by atoms with Crippen molar-refractivity contribution in [1.82, 2.24) is 24.6 Å². The molecule has 0 radical (unpaired) electrons. The normalized spacial score (nSPS) is 17.3. The van der Waals surface area contributed by atoms with Crippen LogP contribution in [0.25, 0.3) is 0 Å². The summed E-state index contributed by atoms with van der Waals surface area (Å²) in [7, 11) is 1.90. The van der Waals surface area contributed by atoms with Crippen LogP contribution in [-0.2, 0) is 20.1 Å². The minimum atomic E-state index is 0.763. The Hall–Kier alpha value is -1.43. The van der Waals surface area contributed by atoms with Crippen molar-refractivity contribution in [1.29, 1.82) is 0 Å². The van der Waals surface area contributed by atoms with Gasteiger partial charge in [-0.15, -0.1) is 0 Å². The van der Waals surface area contributed by atoms with E-state index in [0.29, 0.717) is 0 Å². The second-order valence-electron chi connectivity index (χ2n) is 6.25. The van der Waals surface area contributed by atoms with Crippen molar-refractivity contribution in [2.45, 2.75) is 26.4 Å². The van der Waals surface area contributed by atoms with Gasteiger partial charge in [-0.05, 0) is 38.1 Å². The molecule has 124 valence electrons. The van der Waals surface area contributed by atoms with Gasteiger partial charge in [0.25, 0.3) is 0 Å². The largest absolute Gasteiger partial charge is 0.298 e. The maximum atomic E-state index is 6.37.